The van der Waals surface area contributed by atoms with Crippen LogP contribution in [0, 0.1) is 17.1 Å². The highest BCUT2D eigenvalue weighted by Crippen LogP contribution is 2.19. The molecule has 0 radical (unpaired) electrons. The average molecular weight is 235 g/mol. The monoisotopic (exact) mass is 235 g/mol. The number of ether oxygens (including phenoxy) is 2. The third-order valence-corrected chi connectivity index (χ3v) is 2.71. The topological polar surface area (TPSA) is 42.2 Å². The first kappa shape index (κ1) is 12.0. The summed E-state index contributed by atoms with van der Waals surface area (Å²) in [6.07, 6.45) is 1.32. The van der Waals surface area contributed by atoms with Gasteiger partial charge in [0.1, 0.15) is 11.9 Å². The standard InChI is InChI=1S/C13H14FNO2/c14-11-3-1-2-10(6-11)8-16-9-13-5-4-12(7-15)17-13/h1-3,6,12-13H,4-5,8-9H2/t12-,13+/m1/s1. The van der Waals surface area contributed by atoms with Crippen LogP contribution < -0.4 is 0 Å². The third kappa shape index (κ3) is 3.52. The van der Waals surface area contributed by atoms with Crippen molar-refractivity contribution in [1.29, 1.82) is 5.26 Å². The lowest BCUT2D eigenvalue weighted by atomic mass is 10.2. The van der Waals surface area contributed by atoms with E-state index >= 15 is 0 Å². The van der Waals surface area contributed by atoms with Gasteiger partial charge in [-0.1, -0.05) is 12.1 Å². The molecule has 0 amide bonds. The molecule has 0 N–H and O–H groups in total. The van der Waals surface area contributed by atoms with E-state index in [2.05, 4.69) is 6.07 Å². The Bertz CT molecular complexity index is 416. The molecule has 4 heteroatoms. The van der Waals surface area contributed by atoms with Crippen LogP contribution in [0.1, 0.15) is 18.4 Å². The van der Waals surface area contributed by atoms with Crippen molar-refractivity contribution in [3.05, 3.63) is 35.6 Å². The van der Waals surface area contributed by atoms with Gasteiger partial charge in [-0.2, -0.15) is 5.26 Å². The SMILES string of the molecule is N#C[C@H]1CC[C@@H](COCc2cccc(F)c2)O1. The van der Waals surface area contributed by atoms with E-state index in [-0.39, 0.29) is 18.0 Å². The molecule has 17 heavy (non-hydrogen) atoms. The number of nitrogens with zero attached hydrogens (tertiary/aromatic N) is 1. The maximum atomic E-state index is 12.9. The van der Waals surface area contributed by atoms with Gasteiger partial charge in [-0.05, 0) is 30.5 Å². The van der Waals surface area contributed by atoms with Crippen molar-refractivity contribution in [1.82, 2.24) is 0 Å². The molecule has 0 unspecified atom stereocenters. The second kappa shape index (κ2) is 5.76. The van der Waals surface area contributed by atoms with Gasteiger partial charge in [0.05, 0.1) is 25.4 Å². The van der Waals surface area contributed by atoms with Crippen LogP contribution in [0.4, 0.5) is 4.39 Å². The lowest BCUT2D eigenvalue weighted by Crippen LogP contribution is -2.16. The first-order valence-corrected chi connectivity index (χ1v) is 5.65. The zero-order valence-corrected chi connectivity index (χ0v) is 9.43. The molecule has 0 aromatic heterocycles. The van der Waals surface area contributed by atoms with Crippen LogP contribution in [-0.2, 0) is 16.1 Å². The van der Waals surface area contributed by atoms with Crippen LogP contribution in [-0.4, -0.2) is 18.8 Å². The third-order valence-electron chi connectivity index (χ3n) is 2.71. The molecule has 1 heterocycles. The molecule has 3 nitrogen and oxygen atoms in total. The quantitative estimate of drug-likeness (QED) is 0.804. The number of benzene rings is 1. The summed E-state index contributed by atoms with van der Waals surface area (Å²) in [5.41, 5.74) is 0.805. The van der Waals surface area contributed by atoms with Crippen LogP contribution in [0.25, 0.3) is 0 Å². The zero-order valence-electron chi connectivity index (χ0n) is 9.43. The summed E-state index contributed by atoms with van der Waals surface area (Å²) in [5.74, 6) is -0.257. The van der Waals surface area contributed by atoms with E-state index in [1.165, 1.54) is 12.1 Å². The van der Waals surface area contributed by atoms with E-state index in [9.17, 15) is 4.39 Å². The number of hydrogen-bond acceptors (Lipinski definition) is 3. The molecule has 0 saturated carbocycles. The maximum absolute atomic E-state index is 12.9. The fraction of sp³-hybridized carbons (Fsp3) is 0.462. The van der Waals surface area contributed by atoms with E-state index in [4.69, 9.17) is 14.7 Å². The molecule has 0 aliphatic carbocycles. The van der Waals surface area contributed by atoms with Gasteiger partial charge < -0.3 is 9.47 Å². The van der Waals surface area contributed by atoms with Crippen LogP contribution in [0.3, 0.4) is 0 Å². The number of halogens is 1. The second-order valence-electron chi connectivity index (χ2n) is 4.10. The lowest BCUT2D eigenvalue weighted by molar-refractivity contribution is -0.00505. The Morgan fingerprint density at radius 1 is 1.47 bits per heavy atom. The van der Waals surface area contributed by atoms with Crippen molar-refractivity contribution < 1.29 is 13.9 Å². The van der Waals surface area contributed by atoms with Crippen molar-refractivity contribution in [2.75, 3.05) is 6.61 Å². The fourth-order valence-corrected chi connectivity index (χ4v) is 1.86. The van der Waals surface area contributed by atoms with Gasteiger partial charge in [0, 0.05) is 0 Å². The molecule has 2 rings (SSSR count). The van der Waals surface area contributed by atoms with Crippen molar-refractivity contribution >= 4 is 0 Å². The molecule has 1 aromatic rings. The first-order chi connectivity index (χ1) is 8.28. The van der Waals surface area contributed by atoms with Crippen LogP contribution in [0.5, 0.6) is 0 Å². The van der Waals surface area contributed by atoms with Gasteiger partial charge in [0.25, 0.3) is 0 Å². The normalized spacial score (nSPS) is 23.5. The minimum absolute atomic E-state index is 0.00629. The Morgan fingerprint density at radius 2 is 2.35 bits per heavy atom. The van der Waals surface area contributed by atoms with Crippen LogP contribution >= 0.6 is 0 Å². The summed E-state index contributed by atoms with van der Waals surface area (Å²) in [4.78, 5) is 0. The molecule has 2 atom stereocenters. The Kier molecular flexibility index (Phi) is 4.08. The van der Waals surface area contributed by atoms with Gasteiger partial charge in [0.2, 0.25) is 0 Å². The van der Waals surface area contributed by atoms with Crippen LogP contribution in [0.2, 0.25) is 0 Å². The molecule has 90 valence electrons. The highest BCUT2D eigenvalue weighted by Gasteiger charge is 2.24. The highest BCUT2D eigenvalue weighted by atomic mass is 19.1. The summed E-state index contributed by atoms with van der Waals surface area (Å²) < 4.78 is 23.7. The fourth-order valence-electron chi connectivity index (χ4n) is 1.86. The van der Waals surface area contributed by atoms with Gasteiger partial charge >= 0.3 is 0 Å². The van der Waals surface area contributed by atoms with Gasteiger partial charge in [-0.15, -0.1) is 0 Å². The largest absolute Gasteiger partial charge is 0.374 e. The molecule has 1 fully saturated rings. The maximum Gasteiger partial charge on any atom is 0.144 e. The highest BCUT2D eigenvalue weighted by molar-refractivity contribution is 5.15. The minimum Gasteiger partial charge on any atom is -0.374 e. The van der Waals surface area contributed by atoms with Gasteiger partial charge in [-0.3, -0.25) is 0 Å². The van der Waals surface area contributed by atoms with E-state index in [0.29, 0.717) is 13.2 Å². The predicted octanol–water partition coefficient (Wildman–Crippen LogP) is 2.41. The molecule has 1 aromatic carbocycles. The number of hydrogen-bond donors (Lipinski definition) is 0. The molecule has 1 saturated heterocycles. The summed E-state index contributed by atoms with van der Waals surface area (Å²) in [6, 6.07) is 8.41. The molecule has 1 aliphatic rings. The van der Waals surface area contributed by atoms with E-state index in [1.54, 1.807) is 6.07 Å². The summed E-state index contributed by atoms with van der Waals surface area (Å²) >= 11 is 0. The molecule has 1 aliphatic heterocycles. The second-order valence-corrected chi connectivity index (χ2v) is 4.10. The number of nitriles is 1. The van der Waals surface area contributed by atoms with E-state index < -0.39 is 0 Å². The molecular weight excluding hydrogens is 221 g/mol. The van der Waals surface area contributed by atoms with Crippen molar-refractivity contribution in [3.8, 4) is 6.07 Å². The van der Waals surface area contributed by atoms with Crippen molar-refractivity contribution in [2.45, 2.75) is 31.7 Å². The van der Waals surface area contributed by atoms with Gasteiger partial charge in [-0.25, -0.2) is 4.39 Å². The molecular formula is C13H14FNO2. The Labute approximate surface area is 99.8 Å². The number of rotatable bonds is 4. The minimum atomic E-state index is -0.294. The summed E-state index contributed by atoms with van der Waals surface area (Å²) in [7, 11) is 0. The van der Waals surface area contributed by atoms with E-state index in [1.807, 2.05) is 6.07 Å². The Hall–Kier alpha value is -1.44. The smallest absolute Gasteiger partial charge is 0.144 e. The average Bonchev–Trinajstić information content (AvgIpc) is 2.77. The zero-order chi connectivity index (χ0) is 12.1. The molecule has 0 spiro atoms. The summed E-state index contributed by atoms with van der Waals surface area (Å²) in [5, 5.41) is 8.66. The lowest BCUT2D eigenvalue weighted by Gasteiger charge is -2.10. The van der Waals surface area contributed by atoms with E-state index in [0.717, 1.165) is 18.4 Å². The predicted molar refractivity (Wildman–Crippen MR) is 59.6 cm³/mol. The van der Waals surface area contributed by atoms with Crippen molar-refractivity contribution in [3.63, 3.8) is 0 Å². The van der Waals surface area contributed by atoms with Crippen molar-refractivity contribution in [2.24, 2.45) is 0 Å². The Balaban J connectivity index is 1.72. The molecule has 0 bridgehead atoms. The van der Waals surface area contributed by atoms with Crippen LogP contribution in [0.15, 0.2) is 24.3 Å². The summed E-state index contributed by atoms with van der Waals surface area (Å²) in [6.45, 7) is 0.823. The Morgan fingerprint density at radius 3 is 3.06 bits per heavy atom. The van der Waals surface area contributed by atoms with Gasteiger partial charge in [0.15, 0.2) is 0 Å². The first-order valence-electron chi connectivity index (χ1n) is 5.65.